The molecule has 0 unspecified atom stereocenters. The number of thiazole rings is 1. The van der Waals surface area contributed by atoms with Crippen molar-refractivity contribution in [3.8, 4) is 0 Å². The Morgan fingerprint density at radius 3 is 2.73 bits per heavy atom. The molecule has 1 saturated heterocycles. The van der Waals surface area contributed by atoms with Gasteiger partial charge in [-0.3, -0.25) is 9.59 Å². The number of nitrogens with zero attached hydrogens (tertiary/aromatic N) is 3. The van der Waals surface area contributed by atoms with Gasteiger partial charge in [0.05, 0.1) is 5.69 Å². The number of aryl methyl sites for hydroxylation is 2. The van der Waals surface area contributed by atoms with Crippen molar-refractivity contribution in [1.29, 1.82) is 0 Å². The van der Waals surface area contributed by atoms with Gasteiger partial charge >= 0.3 is 0 Å². The molecule has 2 aliphatic rings. The maximum atomic E-state index is 12.8. The van der Waals surface area contributed by atoms with Crippen LogP contribution in [0.15, 0.2) is 18.2 Å². The fourth-order valence-electron chi connectivity index (χ4n) is 4.01. The van der Waals surface area contributed by atoms with E-state index in [0.29, 0.717) is 11.4 Å². The van der Waals surface area contributed by atoms with Gasteiger partial charge in [-0.2, -0.15) is 0 Å². The fraction of sp³-hybridized carbons (Fsp3) is 0.500. The monoisotopic (exact) mass is 446 g/mol. The quantitative estimate of drug-likeness (QED) is 0.773. The minimum Gasteiger partial charge on any atom is -0.345 e. The van der Waals surface area contributed by atoms with E-state index < -0.39 is 0 Å². The van der Waals surface area contributed by atoms with Crippen molar-refractivity contribution >= 4 is 45.6 Å². The van der Waals surface area contributed by atoms with Crippen LogP contribution in [0.1, 0.15) is 35.9 Å². The second kappa shape index (κ2) is 8.94. The molecule has 0 saturated carbocycles. The minimum atomic E-state index is -0.0510. The van der Waals surface area contributed by atoms with Gasteiger partial charge in [-0.1, -0.05) is 24.6 Å². The Bertz CT molecular complexity index is 953. The van der Waals surface area contributed by atoms with Crippen molar-refractivity contribution in [3.63, 3.8) is 0 Å². The Balaban J connectivity index is 1.37. The van der Waals surface area contributed by atoms with Crippen LogP contribution in [0, 0.1) is 12.8 Å². The predicted molar refractivity (Wildman–Crippen MR) is 122 cm³/mol. The van der Waals surface area contributed by atoms with Gasteiger partial charge < -0.3 is 15.1 Å². The number of rotatable bonds is 4. The SMILES string of the molecule is CCC(=O)N1CCN(c2nc3c(s2)C[C@@H](C(=O)Nc2ccc(C)c(Cl)c2)CC3)CC1. The number of carbonyl (C=O) groups excluding carboxylic acids is 2. The number of halogens is 1. The molecule has 160 valence electrons. The van der Waals surface area contributed by atoms with E-state index in [0.717, 1.165) is 67.5 Å². The molecule has 0 radical (unpaired) electrons. The molecule has 2 heterocycles. The highest BCUT2D eigenvalue weighted by molar-refractivity contribution is 7.15. The third-order valence-electron chi connectivity index (χ3n) is 5.94. The Kier molecular flexibility index (Phi) is 6.29. The number of hydrogen-bond acceptors (Lipinski definition) is 5. The van der Waals surface area contributed by atoms with Gasteiger partial charge in [0.15, 0.2) is 5.13 Å². The van der Waals surface area contributed by atoms with Gasteiger partial charge in [0.2, 0.25) is 11.8 Å². The van der Waals surface area contributed by atoms with Crippen molar-refractivity contribution in [2.75, 3.05) is 36.4 Å². The molecule has 8 heteroatoms. The van der Waals surface area contributed by atoms with Gasteiger partial charge in [0.25, 0.3) is 0 Å². The second-order valence-electron chi connectivity index (χ2n) is 7.98. The molecule has 1 atom stereocenters. The van der Waals surface area contributed by atoms with Gasteiger partial charge in [0.1, 0.15) is 0 Å². The smallest absolute Gasteiger partial charge is 0.227 e. The van der Waals surface area contributed by atoms with Gasteiger partial charge in [0, 0.05) is 54.1 Å². The van der Waals surface area contributed by atoms with Crippen LogP contribution in [0.25, 0.3) is 0 Å². The van der Waals surface area contributed by atoms with Crippen molar-refractivity contribution in [2.24, 2.45) is 5.92 Å². The summed E-state index contributed by atoms with van der Waals surface area (Å²) in [4.78, 5) is 34.9. The van der Waals surface area contributed by atoms with Crippen molar-refractivity contribution < 1.29 is 9.59 Å². The summed E-state index contributed by atoms with van der Waals surface area (Å²) < 4.78 is 0. The first kappa shape index (κ1) is 21.1. The number of nitrogens with one attached hydrogen (secondary N) is 1. The van der Waals surface area contributed by atoms with Gasteiger partial charge in [-0.25, -0.2) is 4.98 Å². The number of hydrogen-bond donors (Lipinski definition) is 1. The van der Waals surface area contributed by atoms with Crippen molar-refractivity contribution in [2.45, 2.75) is 39.5 Å². The summed E-state index contributed by atoms with van der Waals surface area (Å²) in [5, 5.41) is 4.70. The fourth-order valence-corrected chi connectivity index (χ4v) is 5.42. The summed E-state index contributed by atoms with van der Waals surface area (Å²) in [6.45, 7) is 6.98. The third-order valence-corrected chi connectivity index (χ3v) is 7.53. The van der Waals surface area contributed by atoms with E-state index in [1.165, 1.54) is 4.88 Å². The highest BCUT2D eigenvalue weighted by Gasteiger charge is 2.29. The summed E-state index contributed by atoms with van der Waals surface area (Å²) in [5.41, 5.74) is 2.87. The largest absolute Gasteiger partial charge is 0.345 e. The topological polar surface area (TPSA) is 65.5 Å². The average molecular weight is 447 g/mol. The molecule has 0 spiro atoms. The molecular formula is C22H27ClN4O2S. The van der Waals surface area contributed by atoms with Crippen LogP contribution in [-0.2, 0) is 22.4 Å². The predicted octanol–water partition coefficient (Wildman–Crippen LogP) is 3.91. The maximum Gasteiger partial charge on any atom is 0.227 e. The van der Waals surface area contributed by atoms with Crippen LogP contribution < -0.4 is 10.2 Å². The summed E-state index contributed by atoms with van der Waals surface area (Å²) in [5.74, 6) is 0.212. The van der Waals surface area contributed by atoms with Gasteiger partial charge in [-0.15, -0.1) is 11.3 Å². The van der Waals surface area contributed by atoms with Gasteiger partial charge in [-0.05, 0) is 43.9 Å². The van der Waals surface area contributed by atoms with Crippen LogP contribution in [-0.4, -0.2) is 47.9 Å². The minimum absolute atomic E-state index is 0.0437. The molecule has 1 N–H and O–H groups in total. The first-order valence-electron chi connectivity index (χ1n) is 10.5. The van der Waals surface area contributed by atoms with Crippen LogP contribution >= 0.6 is 22.9 Å². The number of amides is 2. The number of fused-ring (bicyclic) bond motifs is 1. The third kappa shape index (κ3) is 4.47. The van der Waals surface area contributed by atoms with E-state index >= 15 is 0 Å². The summed E-state index contributed by atoms with van der Waals surface area (Å²) in [6, 6.07) is 5.61. The Labute approximate surface area is 186 Å². The van der Waals surface area contributed by atoms with Crippen molar-refractivity contribution in [1.82, 2.24) is 9.88 Å². The molecule has 1 aliphatic carbocycles. The molecule has 4 rings (SSSR count). The molecule has 1 aliphatic heterocycles. The Morgan fingerprint density at radius 2 is 2.03 bits per heavy atom. The molecule has 2 amide bonds. The number of anilines is 2. The molecule has 0 bridgehead atoms. The molecule has 1 aromatic heterocycles. The Hall–Kier alpha value is -2.12. The number of aromatic nitrogens is 1. The number of piperazine rings is 1. The second-order valence-corrected chi connectivity index (χ2v) is 9.45. The summed E-state index contributed by atoms with van der Waals surface area (Å²) >= 11 is 7.88. The highest BCUT2D eigenvalue weighted by atomic mass is 35.5. The summed E-state index contributed by atoms with van der Waals surface area (Å²) in [6.07, 6.45) is 2.92. The van der Waals surface area contributed by atoms with E-state index in [4.69, 9.17) is 16.6 Å². The lowest BCUT2D eigenvalue weighted by molar-refractivity contribution is -0.131. The number of benzene rings is 1. The molecular weight excluding hydrogens is 420 g/mol. The van der Waals surface area contributed by atoms with E-state index in [9.17, 15) is 9.59 Å². The van der Waals surface area contributed by atoms with E-state index in [2.05, 4.69) is 10.2 Å². The first-order valence-corrected chi connectivity index (χ1v) is 11.7. The van der Waals surface area contributed by atoms with Crippen molar-refractivity contribution in [3.05, 3.63) is 39.4 Å². The van der Waals surface area contributed by atoms with Crippen LogP contribution in [0.2, 0.25) is 5.02 Å². The lowest BCUT2D eigenvalue weighted by Crippen LogP contribution is -2.48. The van der Waals surface area contributed by atoms with Crippen LogP contribution in [0.4, 0.5) is 10.8 Å². The summed E-state index contributed by atoms with van der Waals surface area (Å²) in [7, 11) is 0. The lowest BCUT2D eigenvalue weighted by atomic mass is 9.90. The van der Waals surface area contributed by atoms with E-state index in [-0.39, 0.29) is 17.7 Å². The maximum absolute atomic E-state index is 12.8. The molecule has 6 nitrogen and oxygen atoms in total. The zero-order chi connectivity index (χ0) is 21.3. The zero-order valence-corrected chi connectivity index (χ0v) is 19.0. The standard InChI is InChI=1S/C22H27ClN4O2S/c1-3-20(28)26-8-10-27(11-9-26)22-25-18-7-5-15(12-19(18)30-22)21(29)24-16-6-4-14(2)17(23)13-16/h4,6,13,15H,3,5,7-12H2,1-2H3,(H,24,29)/t15-/m0/s1. The first-order chi connectivity index (χ1) is 14.4. The highest BCUT2D eigenvalue weighted by Crippen LogP contribution is 2.35. The normalized spacial score (nSPS) is 18.8. The number of carbonyl (C=O) groups is 2. The van der Waals surface area contributed by atoms with Crippen LogP contribution in [0.3, 0.4) is 0 Å². The molecule has 1 aromatic carbocycles. The molecule has 2 aromatic rings. The lowest BCUT2D eigenvalue weighted by Gasteiger charge is -2.34. The Morgan fingerprint density at radius 1 is 1.27 bits per heavy atom. The molecule has 30 heavy (non-hydrogen) atoms. The van der Waals surface area contributed by atoms with E-state index in [1.54, 1.807) is 17.4 Å². The van der Waals surface area contributed by atoms with E-state index in [1.807, 2.05) is 30.9 Å². The molecule has 1 fully saturated rings. The average Bonchev–Trinajstić information content (AvgIpc) is 3.19. The van der Waals surface area contributed by atoms with Crippen LogP contribution in [0.5, 0.6) is 0 Å². The zero-order valence-electron chi connectivity index (χ0n) is 17.4.